The van der Waals surface area contributed by atoms with Crippen LogP contribution in [0.25, 0.3) is 0 Å². The number of halogens is 3. The Kier molecular flexibility index (Phi) is 6.44. The summed E-state index contributed by atoms with van der Waals surface area (Å²) in [6, 6.07) is 2.55. The maximum atomic E-state index is 13.4. The number of piperazine rings is 1. The molecule has 3 rings (SSSR count). The second kappa shape index (κ2) is 8.65. The van der Waals surface area contributed by atoms with Crippen LogP contribution in [0.15, 0.2) is 18.3 Å². The predicted octanol–water partition coefficient (Wildman–Crippen LogP) is 2.41. The first-order valence-electron chi connectivity index (χ1n) is 9.67. The lowest BCUT2D eigenvalue weighted by molar-refractivity contribution is -0.138. The molecule has 1 aromatic heterocycles. The van der Waals surface area contributed by atoms with Gasteiger partial charge in [-0.2, -0.15) is 13.2 Å². The SMILES string of the molecule is CN1CCN([C@H]2CCN(c3ncccc3C(F)(F)F)C[C@H]2CCC(=O)O)CC1. The first-order valence-corrected chi connectivity index (χ1v) is 9.67. The molecule has 2 aliphatic heterocycles. The van der Waals surface area contributed by atoms with Crippen LogP contribution in [-0.4, -0.2) is 78.2 Å². The number of nitrogens with zero attached hydrogens (tertiary/aromatic N) is 4. The van der Waals surface area contributed by atoms with E-state index in [4.69, 9.17) is 5.11 Å². The highest BCUT2D eigenvalue weighted by Gasteiger charge is 2.39. The lowest BCUT2D eigenvalue weighted by Crippen LogP contribution is -2.56. The Balaban J connectivity index is 1.78. The van der Waals surface area contributed by atoms with Gasteiger partial charge in [0, 0.05) is 57.9 Å². The quantitative estimate of drug-likeness (QED) is 0.819. The minimum Gasteiger partial charge on any atom is -0.481 e. The van der Waals surface area contributed by atoms with Gasteiger partial charge in [-0.15, -0.1) is 0 Å². The van der Waals surface area contributed by atoms with Crippen molar-refractivity contribution >= 4 is 11.8 Å². The number of hydrogen-bond acceptors (Lipinski definition) is 5. The first-order chi connectivity index (χ1) is 13.3. The second-order valence-electron chi connectivity index (χ2n) is 7.71. The summed E-state index contributed by atoms with van der Waals surface area (Å²) in [5, 5.41) is 9.11. The Bertz CT molecular complexity index is 677. The number of aliphatic carboxylic acids is 1. The minimum absolute atomic E-state index is 0.00338. The molecule has 9 heteroatoms. The van der Waals surface area contributed by atoms with Gasteiger partial charge in [0.05, 0.1) is 5.56 Å². The van der Waals surface area contributed by atoms with Crippen molar-refractivity contribution in [3.05, 3.63) is 23.9 Å². The minimum atomic E-state index is -4.46. The van der Waals surface area contributed by atoms with Crippen molar-refractivity contribution in [2.75, 3.05) is 51.2 Å². The summed E-state index contributed by atoms with van der Waals surface area (Å²) in [6.07, 6.45) is -1.90. The Morgan fingerprint density at radius 3 is 2.61 bits per heavy atom. The van der Waals surface area contributed by atoms with Crippen molar-refractivity contribution in [1.29, 1.82) is 0 Å². The molecule has 28 heavy (non-hydrogen) atoms. The summed E-state index contributed by atoms with van der Waals surface area (Å²) in [5.74, 6) is -0.924. The molecular formula is C19H27F3N4O2. The number of piperidine rings is 1. The van der Waals surface area contributed by atoms with Gasteiger partial charge in [0.1, 0.15) is 5.82 Å². The van der Waals surface area contributed by atoms with E-state index < -0.39 is 17.7 Å². The van der Waals surface area contributed by atoms with Gasteiger partial charge >= 0.3 is 12.1 Å². The molecule has 0 radical (unpaired) electrons. The van der Waals surface area contributed by atoms with E-state index in [0.717, 1.165) is 32.2 Å². The van der Waals surface area contributed by atoms with Crippen molar-refractivity contribution in [2.45, 2.75) is 31.5 Å². The molecule has 0 spiro atoms. The zero-order valence-electron chi connectivity index (χ0n) is 16.0. The molecule has 0 aliphatic carbocycles. The summed E-state index contributed by atoms with van der Waals surface area (Å²) in [7, 11) is 2.07. The molecule has 156 valence electrons. The average molecular weight is 400 g/mol. The lowest BCUT2D eigenvalue weighted by atomic mass is 9.86. The van der Waals surface area contributed by atoms with E-state index in [1.807, 2.05) is 0 Å². The van der Waals surface area contributed by atoms with Gasteiger partial charge in [-0.3, -0.25) is 9.69 Å². The topological polar surface area (TPSA) is 59.9 Å². The van der Waals surface area contributed by atoms with Crippen LogP contribution in [0, 0.1) is 5.92 Å². The maximum absolute atomic E-state index is 13.4. The van der Waals surface area contributed by atoms with Gasteiger partial charge in [0.25, 0.3) is 0 Å². The number of pyridine rings is 1. The van der Waals surface area contributed by atoms with Crippen molar-refractivity contribution in [3.63, 3.8) is 0 Å². The molecule has 1 aromatic rings. The molecule has 2 fully saturated rings. The Hall–Kier alpha value is -1.87. The van der Waals surface area contributed by atoms with Crippen LogP contribution in [0.1, 0.15) is 24.8 Å². The highest BCUT2D eigenvalue weighted by molar-refractivity contribution is 5.66. The van der Waals surface area contributed by atoms with Crippen LogP contribution in [-0.2, 0) is 11.0 Å². The molecule has 2 atom stereocenters. The zero-order valence-corrected chi connectivity index (χ0v) is 16.0. The molecule has 0 amide bonds. The fourth-order valence-corrected chi connectivity index (χ4v) is 4.31. The number of anilines is 1. The summed E-state index contributed by atoms with van der Waals surface area (Å²) in [5.41, 5.74) is -0.731. The lowest BCUT2D eigenvalue weighted by Gasteiger charge is -2.47. The second-order valence-corrected chi connectivity index (χ2v) is 7.71. The Morgan fingerprint density at radius 2 is 1.96 bits per heavy atom. The average Bonchev–Trinajstić information content (AvgIpc) is 2.66. The third-order valence-electron chi connectivity index (χ3n) is 5.82. The van der Waals surface area contributed by atoms with Crippen LogP contribution in [0.2, 0.25) is 0 Å². The maximum Gasteiger partial charge on any atom is 0.419 e. The number of carbonyl (C=O) groups is 1. The predicted molar refractivity (Wildman–Crippen MR) is 99.3 cm³/mol. The molecule has 0 unspecified atom stereocenters. The zero-order chi connectivity index (χ0) is 20.3. The van der Waals surface area contributed by atoms with E-state index >= 15 is 0 Å². The van der Waals surface area contributed by atoms with Crippen LogP contribution in [0.5, 0.6) is 0 Å². The van der Waals surface area contributed by atoms with Crippen LogP contribution >= 0.6 is 0 Å². The molecule has 0 saturated carbocycles. The molecule has 1 N–H and O–H groups in total. The van der Waals surface area contributed by atoms with Gasteiger partial charge in [-0.1, -0.05) is 0 Å². The van der Waals surface area contributed by atoms with E-state index in [1.165, 1.54) is 12.3 Å². The molecule has 2 saturated heterocycles. The van der Waals surface area contributed by atoms with Gasteiger partial charge in [0.2, 0.25) is 0 Å². The van der Waals surface area contributed by atoms with Crippen molar-refractivity contribution < 1.29 is 23.1 Å². The summed E-state index contributed by atoms with van der Waals surface area (Å²) < 4.78 is 40.2. The van der Waals surface area contributed by atoms with E-state index in [9.17, 15) is 18.0 Å². The van der Waals surface area contributed by atoms with Crippen LogP contribution < -0.4 is 4.90 Å². The number of rotatable bonds is 5. The number of carboxylic acids is 1. The smallest absolute Gasteiger partial charge is 0.419 e. The monoisotopic (exact) mass is 400 g/mol. The van der Waals surface area contributed by atoms with E-state index in [0.29, 0.717) is 25.9 Å². The van der Waals surface area contributed by atoms with Crippen molar-refractivity contribution in [3.8, 4) is 0 Å². The van der Waals surface area contributed by atoms with Crippen molar-refractivity contribution in [2.24, 2.45) is 5.92 Å². The number of aromatic nitrogens is 1. The summed E-state index contributed by atoms with van der Waals surface area (Å²) in [4.78, 5) is 21.4. The largest absolute Gasteiger partial charge is 0.481 e. The fraction of sp³-hybridized carbons (Fsp3) is 0.684. The summed E-state index contributed by atoms with van der Waals surface area (Å²) in [6.45, 7) is 4.59. The highest BCUT2D eigenvalue weighted by Crippen LogP contribution is 2.37. The number of alkyl halides is 3. The van der Waals surface area contributed by atoms with Gasteiger partial charge < -0.3 is 14.9 Å². The fourth-order valence-electron chi connectivity index (χ4n) is 4.31. The van der Waals surface area contributed by atoms with Crippen molar-refractivity contribution in [1.82, 2.24) is 14.8 Å². The van der Waals surface area contributed by atoms with Gasteiger partial charge in [-0.25, -0.2) is 4.98 Å². The number of carboxylic acid groups (broad SMARTS) is 1. The van der Waals surface area contributed by atoms with Gasteiger partial charge in [0.15, 0.2) is 0 Å². The van der Waals surface area contributed by atoms with E-state index in [2.05, 4.69) is 21.8 Å². The Labute approximate surface area is 162 Å². The van der Waals surface area contributed by atoms with Crippen LogP contribution in [0.3, 0.4) is 0 Å². The molecule has 6 nitrogen and oxygen atoms in total. The third kappa shape index (κ3) is 4.94. The summed E-state index contributed by atoms with van der Waals surface area (Å²) >= 11 is 0. The normalized spacial score (nSPS) is 25.1. The van der Waals surface area contributed by atoms with Gasteiger partial charge in [-0.05, 0) is 37.9 Å². The first kappa shape index (κ1) is 20.9. The molecule has 3 heterocycles. The van der Waals surface area contributed by atoms with Crippen LogP contribution in [0.4, 0.5) is 19.0 Å². The number of likely N-dealkylation sites (N-methyl/N-ethyl adjacent to an activating group) is 1. The van der Waals surface area contributed by atoms with E-state index in [-0.39, 0.29) is 24.2 Å². The molecular weight excluding hydrogens is 373 g/mol. The molecule has 2 aliphatic rings. The standard InChI is InChI=1S/C19H27F3N4O2/c1-24-9-11-25(12-10-24)16-6-8-26(13-14(16)4-5-17(27)28)18-15(19(20,21)22)3-2-7-23-18/h2-3,7,14,16H,4-6,8-13H2,1H3,(H,27,28)/t14-,16+/m1/s1. The van der Waals surface area contributed by atoms with E-state index in [1.54, 1.807) is 4.90 Å². The Morgan fingerprint density at radius 1 is 1.25 bits per heavy atom. The third-order valence-corrected chi connectivity index (χ3v) is 5.82. The molecule has 0 bridgehead atoms. The highest BCUT2D eigenvalue weighted by atomic mass is 19.4. The number of hydrogen-bond donors (Lipinski definition) is 1. The molecule has 0 aromatic carbocycles.